The van der Waals surface area contributed by atoms with E-state index in [-0.39, 0.29) is 17.4 Å². The number of nitrogens with one attached hydrogen (secondary N) is 1. The van der Waals surface area contributed by atoms with Gasteiger partial charge in [-0.2, -0.15) is 13.2 Å². The van der Waals surface area contributed by atoms with Crippen LogP contribution in [0.25, 0.3) is 0 Å². The van der Waals surface area contributed by atoms with Gasteiger partial charge in [0.15, 0.2) is 0 Å². The minimum Gasteiger partial charge on any atom is -0.369 e. The fourth-order valence-corrected chi connectivity index (χ4v) is 2.34. The van der Waals surface area contributed by atoms with Crippen LogP contribution in [0.4, 0.5) is 24.8 Å². The highest BCUT2D eigenvalue weighted by Crippen LogP contribution is 2.33. The number of hydrogen-bond acceptors (Lipinski definition) is 3. The van der Waals surface area contributed by atoms with Crippen molar-refractivity contribution in [3.8, 4) is 0 Å². The van der Waals surface area contributed by atoms with Crippen LogP contribution in [0.15, 0.2) is 6.07 Å². The van der Waals surface area contributed by atoms with E-state index in [4.69, 9.17) is 23.2 Å². The smallest absolute Gasteiger partial charge is 0.369 e. The zero-order chi connectivity index (χ0) is 16.0. The van der Waals surface area contributed by atoms with Gasteiger partial charge in [-0.25, -0.2) is 4.98 Å². The molecule has 0 unspecified atom stereocenters. The van der Waals surface area contributed by atoms with Crippen LogP contribution in [0.5, 0.6) is 0 Å². The quantitative estimate of drug-likeness (QED) is 0.755. The van der Waals surface area contributed by atoms with Crippen LogP contribution < -0.4 is 10.2 Å². The number of rotatable bonds is 7. The largest absolute Gasteiger partial charge is 0.405 e. The van der Waals surface area contributed by atoms with Gasteiger partial charge in [-0.05, 0) is 18.9 Å². The van der Waals surface area contributed by atoms with Gasteiger partial charge < -0.3 is 10.2 Å². The molecule has 0 atom stereocenters. The Morgan fingerprint density at radius 3 is 2.38 bits per heavy atom. The summed E-state index contributed by atoms with van der Waals surface area (Å²) >= 11 is 12.0. The second kappa shape index (κ2) is 7.94. The maximum atomic E-state index is 12.7. The van der Waals surface area contributed by atoms with Crippen molar-refractivity contribution >= 4 is 34.8 Å². The predicted molar refractivity (Wildman–Crippen MR) is 81.6 cm³/mol. The van der Waals surface area contributed by atoms with Crippen molar-refractivity contribution in [1.29, 1.82) is 0 Å². The minimum atomic E-state index is -4.32. The Morgan fingerprint density at radius 1 is 1.19 bits per heavy atom. The summed E-state index contributed by atoms with van der Waals surface area (Å²) in [4.78, 5) is 5.28. The monoisotopic (exact) mass is 343 g/mol. The molecular formula is C13H18Cl2F3N3. The van der Waals surface area contributed by atoms with Gasteiger partial charge in [0.1, 0.15) is 18.2 Å². The van der Waals surface area contributed by atoms with Crippen LogP contribution >= 0.6 is 23.2 Å². The Bertz CT molecular complexity index is 467. The highest BCUT2D eigenvalue weighted by molar-refractivity contribution is 6.37. The molecule has 0 fully saturated rings. The molecule has 0 bridgehead atoms. The van der Waals surface area contributed by atoms with E-state index in [0.29, 0.717) is 23.8 Å². The SMILES string of the molecule is CCCNc1nc(N(CCC)CC(F)(F)F)c(Cl)cc1Cl. The number of aromatic nitrogens is 1. The Labute approximate surface area is 132 Å². The fourth-order valence-electron chi connectivity index (χ4n) is 1.79. The van der Waals surface area contributed by atoms with Crippen LogP contribution in [0.1, 0.15) is 26.7 Å². The van der Waals surface area contributed by atoms with E-state index in [1.807, 2.05) is 6.92 Å². The molecule has 0 saturated heterocycles. The van der Waals surface area contributed by atoms with E-state index in [0.717, 1.165) is 11.3 Å². The zero-order valence-corrected chi connectivity index (χ0v) is 13.4. The van der Waals surface area contributed by atoms with E-state index in [1.165, 1.54) is 6.07 Å². The number of anilines is 2. The van der Waals surface area contributed by atoms with Crippen LogP contribution in [0.3, 0.4) is 0 Å². The molecular weight excluding hydrogens is 326 g/mol. The summed E-state index contributed by atoms with van der Waals surface area (Å²) in [7, 11) is 0. The van der Waals surface area contributed by atoms with Gasteiger partial charge in [-0.15, -0.1) is 0 Å². The molecule has 0 saturated carbocycles. The third-order valence-corrected chi connectivity index (χ3v) is 3.18. The standard InChI is InChI=1S/C13H18Cl2F3N3/c1-3-5-19-11-9(14)7-10(15)12(20-11)21(6-4-2)8-13(16,17)18/h7H,3-6,8H2,1-2H3,(H,19,20). The molecule has 1 heterocycles. The van der Waals surface area contributed by atoms with E-state index in [9.17, 15) is 13.2 Å². The molecule has 3 nitrogen and oxygen atoms in total. The topological polar surface area (TPSA) is 28.2 Å². The summed E-state index contributed by atoms with van der Waals surface area (Å²) < 4.78 is 38.0. The van der Waals surface area contributed by atoms with Crippen molar-refractivity contribution in [2.75, 3.05) is 29.9 Å². The van der Waals surface area contributed by atoms with Gasteiger partial charge in [-0.1, -0.05) is 37.0 Å². The molecule has 21 heavy (non-hydrogen) atoms. The number of nitrogens with zero attached hydrogens (tertiary/aromatic N) is 2. The molecule has 0 radical (unpaired) electrons. The Kier molecular flexibility index (Phi) is 6.87. The molecule has 1 aromatic rings. The summed E-state index contributed by atoms with van der Waals surface area (Å²) in [5.41, 5.74) is 0. The van der Waals surface area contributed by atoms with Crippen molar-refractivity contribution in [3.05, 3.63) is 16.1 Å². The van der Waals surface area contributed by atoms with Gasteiger partial charge in [-0.3, -0.25) is 0 Å². The molecule has 0 amide bonds. The number of alkyl halides is 3. The molecule has 0 aromatic carbocycles. The Morgan fingerprint density at radius 2 is 1.86 bits per heavy atom. The minimum absolute atomic E-state index is 0.0962. The fraction of sp³-hybridized carbons (Fsp3) is 0.615. The van der Waals surface area contributed by atoms with Crippen molar-refractivity contribution in [2.45, 2.75) is 32.9 Å². The van der Waals surface area contributed by atoms with E-state index in [1.54, 1.807) is 6.92 Å². The molecule has 0 aliphatic carbocycles. The maximum absolute atomic E-state index is 12.7. The molecule has 1 rings (SSSR count). The molecule has 1 aromatic heterocycles. The van der Waals surface area contributed by atoms with E-state index in [2.05, 4.69) is 10.3 Å². The Hall–Kier alpha value is -0.880. The second-order valence-electron chi connectivity index (χ2n) is 4.59. The summed E-state index contributed by atoms with van der Waals surface area (Å²) in [5, 5.41) is 3.38. The summed E-state index contributed by atoms with van der Waals surface area (Å²) in [6.45, 7) is 3.50. The van der Waals surface area contributed by atoms with E-state index < -0.39 is 12.7 Å². The first-order chi connectivity index (χ1) is 9.78. The van der Waals surface area contributed by atoms with E-state index >= 15 is 0 Å². The molecule has 0 aliphatic rings. The number of halogens is 5. The molecule has 8 heteroatoms. The Balaban J connectivity index is 3.11. The lowest BCUT2D eigenvalue weighted by atomic mass is 10.3. The summed E-state index contributed by atoms with van der Waals surface area (Å²) in [6.07, 6.45) is -2.93. The van der Waals surface area contributed by atoms with Gasteiger partial charge >= 0.3 is 6.18 Å². The molecule has 120 valence electrons. The predicted octanol–water partition coefficient (Wildman–Crippen LogP) is 4.99. The van der Waals surface area contributed by atoms with Crippen molar-refractivity contribution in [1.82, 2.24) is 4.98 Å². The van der Waals surface area contributed by atoms with Crippen LogP contribution in [-0.4, -0.2) is 30.8 Å². The van der Waals surface area contributed by atoms with Gasteiger partial charge in [0.25, 0.3) is 0 Å². The summed E-state index contributed by atoms with van der Waals surface area (Å²) in [5.74, 6) is 0.444. The average Bonchev–Trinajstić information content (AvgIpc) is 2.36. The third-order valence-electron chi connectivity index (χ3n) is 2.62. The number of hydrogen-bond donors (Lipinski definition) is 1. The lowest BCUT2D eigenvalue weighted by Gasteiger charge is -2.26. The first-order valence-electron chi connectivity index (χ1n) is 6.70. The van der Waals surface area contributed by atoms with Gasteiger partial charge in [0.2, 0.25) is 0 Å². The van der Waals surface area contributed by atoms with Crippen LogP contribution in [0.2, 0.25) is 10.0 Å². The van der Waals surface area contributed by atoms with Crippen molar-refractivity contribution < 1.29 is 13.2 Å². The molecule has 1 N–H and O–H groups in total. The normalized spacial score (nSPS) is 11.6. The van der Waals surface area contributed by atoms with Gasteiger partial charge in [0, 0.05) is 13.1 Å². The lowest BCUT2D eigenvalue weighted by Crippen LogP contribution is -2.35. The highest BCUT2D eigenvalue weighted by atomic mass is 35.5. The van der Waals surface area contributed by atoms with Gasteiger partial charge in [0.05, 0.1) is 10.0 Å². The highest BCUT2D eigenvalue weighted by Gasteiger charge is 2.32. The van der Waals surface area contributed by atoms with Crippen molar-refractivity contribution in [2.24, 2.45) is 0 Å². The lowest BCUT2D eigenvalue weighted by molar-refractivity contribution is -0.119. The number of pyridine rings is 1. The molecule has 0 spiro atoms. The third kappa shape index (κ3) is 5.79. The van der Waals surface area contributed by atoms with Crippen LogP contribution in [0, 0.1) is 0 Å². The second-order valence-corrected chi connectivity index (χ2v) is 5.40. The first-order valence-corrected chi connectivity index (χ1v) is 7.45. The zero-order valence-electron chi connectivity index (χ0n) is 11.9. The summed E-state index contributed by atoms with van der Waals surface area (Å²) in [6, 6.07) is 1.42. The average molecular weight is 344 g/mol. The van der Waals surface area contributed by atoms with Crippen LogP contribution in [-0.2, 0) is 0 Å². The first kappa shape index (κ1) is 18.2. The van der Waals surface area contributed by atoms with Crippen molar-refractivity contribution in [3.63, 3.8) is 0 Å². The maximum Gasteiger partial charge on any atom is 0.405 e. The molecule has 0 aliphatic heterocycles.